The van der Waals surface area contributed by atoms with Crippen LogP contribution in [0.2, 0.25) is 0 Å². The number of nitrogens with zero attached hydrogens (tertiary/aromatic N) is 5. The van der Waals surface area contributed by atoms with Crippen LogP contribution in [0.5, 0.6) is 0 Å². The maximum absolute atomic E-state index is 4.49. The van der Waals surface area contributed by atoms with E-state index in [9.17, 15) is 0 Å². The van der Waals surface area contributed by atoms with E-state index in [-0.39, 0.29) is 0 Å². The van der Waals surface area contributed by atoms with Crippen LogP contribution in [0, 0.1) is 13.8 Å². The van der Waals surface area contributed by atoms with Gasteiger partial charge in [0.15, 0.2) is 5.65 Å². The van der Waals surface area contributed by atoms with Crippen molar-refractivity contribution < 1.29 is 0 Å². The predicted octanol–water partition coefficient (Wildman–Crippen LogP) is 3.56. The quantitative estimate of drug-likeness (QED) is 0.568. The molecular weight excluding hydrogens is 294 g/mol. The Labute approximate surface area is 131 Å². The first-order valence-corrected chi connectivity index (χ1v) is 7.78. The fourth-order valence-electron chi connectivity index (χ4n) is 2.49. The molecule has 0 aliphatic rings. The summed E-state index contributed by atoms with van der Waals surface area (Å²) >= 11 is 1.56. The molecule has 0 radical (unpaired) electrons. The largest absolute Gasteiger partial charge is 0.264 e. The Morgan fingerprint density at radius 1 is 1.05 bits per heavy atom. The summed E-state index contributed by atoms with van der Waals surface area (Å²) in [5.74, 6) is 0. The van der Waals surface area contributed by atoms with Gasteiger partial charge in [0, 0.05) is 34.9 Å². The Hall–Kier alpha value is -2.60. The number of aromatic nitrogens is 5. The van der Waals surface area contributed by atoms with Crippen molar-refractivity contribution in [2.24, 2.45) is 0 Å². The molecule has 6 heteroatoms. The number of thiazole rings is 1. The number of hydrogen-bond donors (Lipinski definition) is 0. The normalized spacial score (nSPS) is 11.2. The van der Waals surface area contributed by atoms with Crippen LogP contribution < -0.4 is 0 Å². The van der Waals surface area contributed by atoms with Gasteiger partial charge < -0.3 is 0 Å². The standard InChI is InChI=1S/C16H13N5S/c1-10-3-5-17-7-13(10)12-4-6-18-15-14(12)8-19-21(15)16-20-11(2)9-22-16/h3-9H,1-2H3. The molecule has 0 spiro atoms. The minimum absolute atomic E-state index is 0.815. The third-order valence-electron chi connectivity index (χ3n) is 3.59. The van der Waals surface area contributed by atoms with Gasteiger partial charge in [-0.3, -0.25) is 4.98 Å². The molecule has 4 heterocycles. The summed E-state index contributed by atoms with van der Waals surface area (Å²) in [6.45, 7) is 4.06. The molecule has 4 aromatic rings. The summed E-state index contributed by atoms with van der Waals surface area (Å²) in [7, 11) is 0. The monoisotopic (exact) mass is 307 g/mol. The average molecular weight is 307 g/mol. The number of fused-ring (bicyclic) bond motifs is 1. The van der Waals surface area contributed by atoms with Gasteiger partial charge in [0.25, 0.3) is 0 Å². The number of aryl methyl sites for hydroxylation is 2. The molecule has 5 nitrogen and oxygen atoms in total. The Bertz CT molecular complexity index is 970. The number of rotatable bonds is 2. The minimum atomic E-state index is 0.815. The average Bonchev–Trinajstić information content (AvgIpc) is 3.13. The van der Waals surface area contributed by atoms with E-state index >= 15 is 0 Å². The van der Waals surface area contributed by atoms with E-state index in [4.69, 9.17) is 0 Å². The highest BCUT2D eigenvalue weighted by atomic mass is 32.1. The van der Waals surface area contributed by atoms with Crippen LogP contribution in [0.1, 0.15) is 11.3 Å². The van der Waals surface area contributed by atoms with Gasteiger partial charge in [0.2, 0.25) is 5.13 Å². The van der Waals surface area contributed by atoms with Crippen molar-refractivity contribution >= 4 is 22.4 Å². The van der Waals surface area contributed by atoms with E-state index in [2.05, 4.69) is 27.0 Å². The van der Waals surface area contributed by atoms with Crippen LogP contribution in [-0.2, 0) is 0 Å². The Kier molecular flexibility index (Phi) is 2.97. The van der Waals surface area contributed by atoms with E-state index < -0.39 is 0 Å². The number of pyridine rings is 2. The highest BCUT2D eigenvalue weighted by Crippen LogP contribution is 2.30. The third kappa shape index (κ3) is 2.00. The van der Waals surface area contributed by atoms with E-state index in [1.807, 2.05) is 43.0 Å². The second-order valence-electron chi connectivity index (χ2n) is 5.11. The van der Waals surface area contributed by atoms with Crippen LogP contribution in [0.3, 0.4) is 0 Å². The Morgan fingerprint density at radius 2 is 1.95 bits per heavy atom. The molecule has 4 aromatic heterocycles. The molecule has 22 heavy (non-hydrogen) atoms. The summed E-state index contributed by atoms with van der Waals surface area (Å²) in [4.78, 5) is 13.2. The van der Waals surface area contributed by atoms with Crippen molar-refractivity contribution in [3.8, 4) is 16.3 Å². The lowest BCUT2D eigenvalue weighted by Gasteiger charge is -2.06. The minimum Gasteiger partial charge on any atom is -0.264 e. The molecule has 0 aromatic carbocycles. The van der Waals surface area contributed by atoms with Crippen molar-refractivity contribution in [2.75, 3.05) is 0 Å². The van der Waals surface area contributed by atoms with Crippen molar-refractivity contribution in [1.82, 2.24) is 24.7 Å². The van der Waals surface area contributed by atoms with Crippen LogP contribution in [-0.4, -0.2) is 24.7 Å². The Balaban J connectivity index is 1.96. The highest BCUT2D eigenvalue weighted by Gasteiger charge is 2.14. The first kappa shape index (κ1) is 13.1. The summed E-state index contributed by atoms with van der Waals surface area (Å²) in [5, 5.41) is 8.33. The van der Waals surface area contributed by atoms with E-state index in [0.29, 0.717) is 0 Å². The van der Waals surface area contributed by atoms with E-state index in [1.165, 1.54) is 5.56 Å². The second-order valence-corrected chi connectivity index (χ2v) is 5.95. The lowest BCUT2D eigenvalue weighted by atomic mass is 10.0. The lowest BCUT2D eigenvalue weighted by Crippen LogP contribution is -1.97. The zero-order chi connectivity index (χ0) is 15.1. The topological polar surface area (TPSA) is 56.5 Å². The van der Waals surface area contributed by atoms with Crippen LogP contribution in [0.4, 0.5) is 0 Å². The van der Waals surface area contributed by atoms with Crippen LogP contribution in [0.15, 0.2) is 42.3 Å². The molecule has 0 atom stereocenters. The zero-order valence-electron chi connectivity index (χ0n) is 12.2. The predicted molar refractivity (Wildman–Crippen MR) is 87.2 cm³/mol. The summed E-state index contributed by atoms with van der Waals surface area (Å²) < 4.78 is 1.79. The van der Waals surface area contributed by atoms with Crippen LogP contribution in [0.25, 0.3) is 27.3 Å². The fourth-order valence-corrected chi connectivity index (χ4v) is 3.25. The fraction of sp³-hybridized carbons (Fsp3) is 0.125. The molecule has 0 unspecified atom stereocenters. The molecule has 0 N–H and O–H groups in total. The maximum atomic E-state index is 4.49. The van der Waals surface area contributed by atoms with Gasteiger partial charge in [-0.25, -0.2) is 9.97 Å². The molecule has 0 bridgehead atoms. The first-order valence-electron chi connectivity index (χ1n) is 6.90. The van der Waals surface area contributed by atoms with Gasteiger partial charge in [-0.05, 0) is 37.1 Å². The molecule has 0 aliphatic heterocycles. The lowest BCUT2D eigenvalue weighted by molar-refractivity contribution is 0.881. The van der Waals surface area contributed by atoms with Gasteiger partial charge in [0.05, 0.1) is 11.9 Å². The zero-order valence-corrected chi connectivity index (χ0v) is 13.0. The van der Waals surface area contributed by atoms with Gasteiger partial charge >= 0.3 is 0 Å². The number of hydrogen-bond acceptors (Lipinski definition) is 5. The molecular formula is C16H13N5S. The van der Waals surface area contributed by atoms with Gasteiger partial charge in [-0.1, -0.05) is 0 Å². The van der Waals surface area contributed by atoms with Crippen molar-refractivity contribution in [1.29, 1.82) is 0 Å². The SMILES string of the molecule is Cc1csc(-n2ncc3c(-c4cnccc4C)ccnc32)n1. The molecule has 0 saturated heterocycles. The first-order chi connectivity index (χ1) is 10.7. The summed E-state index contributed by atoms with van der Waals surface area (Å²) in [6, 6.07) is 4.02. The smallest absolute Gasteiger partial charge is 0.212 e. The van der Waals surface area contributed by atoms with Gasteiger partial charge in [-0.2, -0.15) is 9.78 Å². The van der Waals surface area contributed by atoms with Gasteiger partial charge in [0.1, 0.15) is 0 Å². The van der Waals surface area contributed by atoms with Gasteiger partial charge in [-0.15, -0.1) is 11.3 Å². The Morgan fingerprint density at radius 3 is 2.73 bits per heavy atom. The molecule has 0 saturated carbocycles. The van der Waals surface area contributed by atoms with Crippen molar-refractivity contribution in [2.45, 2.75) is 13.8 Å². The molecule has 4 rings (SSSR count). The molecule has 108 valence electrons. The second kappa shape index (κ2) is 4.99. The third-order valence-corrected chi connectivity index (χ3v) is 4.52. The highest BCUT2D eigenvalue weighted by molar-refractivity contribution is 7.12. The van der Waals surface area contributed by atoms with E-state index in [0.717, 1.165) is 33.0 Å². The van der Waals surface area contributed by atoms with Crippen LogP contribution >= 0.6 is 11.3 Å². The maximum Gasteiger partial charge on any atom is 0.212 e. The molecule has 0 fully saturated rings. The summed E-state index contributed by atoms with van der Waals surface area (Å²) in [6.07, 6.45) is 7.34. The summed E-state index contributed by atoms with van der Waals surface area (Å²) in [5.41, 5.74) is 5.18. The molecule has 0 amide bonds. The molecule has 0 aliphatic carbocycles. The van der Waals surface area contributed by atoms with Crippen molar-refractivity contribution in [3.63, 3.8) is 0 Å². The van der Waals surface area contributed by atoms with E-state index in [1.54, 1.807) is 22.2 Å². The van der Waals surface area contributed by atoms with Crippen molar-refractivity contribution in [3.05, 3.63) is 53.6 Å².